The van der Waals surface area contributed by atoms with E-state index in [0.29, 0.717) is 0 Å². The van der Waals surface area contributed by atoms with Gasteiger partial charge in [-0.25, -0.2) is 0 Å². The van der Waals surface area contributed by atoms with Gasteiger partial charge >= 0.3 is 0 Å². The van der Waals surface area contributed by atoms with Gasteiger partial charge in [0.25, 0.3) is 0 Å². The zero-order chi connectivity index (χ0) is 7.89. The first-order chi connectivity index (χ1) is 4.55. The second-order valence-electron chi connectivity index (χ2n) is 2.91. The van der Waals surface area contributed by atoms with Crippen molar-refractivity contribution in [2.24, 2.45) is 11.7 Å². The highest BCUT2D eigenvalue weighted by atomic mass is 16.4. The van der Waals surface area contributed by atoms with Crippen LogP contribution in [0.25, 0.3) is 0 Å². The minimum absolute atomic E-state index is 0.231. The average Bonchev–Trinajstić information content (AvgIpc) is 2.07. The summed E-state index contributed by atoms with van der Waals surface area (Å²) in [5.74, 6) is -0.231. The summed E-state index contributed by atoms with van der Waals surface area (Å²) in [5, 5.41) is 27.2. The Balaban J connectivity index is 2.68. The van der Waals surface area contributed by atoms with Gasteiger partial charge < -0.3 is 21.1 Å². The molecule has 0 unspecified atom stereocenters. The molecule has 4 nitrogen and oxygen atoms in total. The maximum absolute atomic E-state index is 9.12. The Bertz CT molecular complexity index is 85.3. The van der Waals surface area contributed by atoms with Gasteiger partial charge in [0, 0.05) is 12.0 Å². The molecule has 1 saturated carbocycles. The summed E-state index contributed by atoms with van der Waals surface area (Å²) < 4.78 is 0. The Labute approximate surface area is 59.3 Å². The van der Waals surface area contributed by atoms with Crippen LogP contribution in [0.1, 0.15) is 6.92 Å². The summed E-state index contributed by atoms with van der Waals surface area (Å²) in [4.78, 5) is 0. The van der Waals surface area contributed by atoms with E-state index in [1.807, 2.05) is 0 Å². The number of aliphatic hydroxyl groups excluding tert-OH is 3. The van der Waals surface area contributed by atoms with Crippen LogP contribution >= 0.6 is 0 Å². The van der Waals surface area contributed by atoms with Crippen LogP contribution in [0.3, 0.4) is 0 Å². The topological polar surface area (TPSA) is 86.7 Å². The van der Waals surface area contributed by atoms with Crippen molar-refractivity contribution >= 4 is 0 Å². The van der Waals surface area contributed by atoms with Crippen LogP contribution in [0, 0.1) is 5.92 Å². The highest BCUT2D eigenvalue weighted by molar-refractivity contribution is 4.98. The quantitative estimate of drug-likeness (QED) is 0.320. The normalized spacial score (nSPS) is 55.5. The molecule has 0 amide bonds. The first-order valence-corrected chi connectivity index (χ1v) is 3.35. The number of nitrogens with two attached hydrogens (primary N) is 1. The summed E-state index contributed by atoms with van der Waals surface area (Å²) in [6.07, 6.45) is -2.94. The van der Waals surface area contributed by atoms with Crippen LogP contribution in [0.15, 0.2) is 0 Å². The van der Waals surface area contributed by atoms with Gasteiger partial charge in [0.05, 0.1) is 12.2 Å². The van der Waals surface area contributed by atoms with Crippen LogP contribution in [0.5, 0.6) is 0 Å². The summed E-state index contributed by atoms with van der Waals surface area (Å²) in [5.41, 5.74) is 5.43. The molecule has 0 radical (unpaired) electrons. The van der Waals surface area contributed by atoms with Crippen molar-refractivity contribution in [2.75, 3.05) is 0 Å². The van der Waals surface area contributed by atoms with E-state index in [0.717, 1.165) is 0 Å². The van der Waals surface area contributed by atoms with E-state index in [-0.39, 0.29) is 5.92 Å². The van der Waals surface area contributed by atoms with E-state index in [2.05, 4.69) is 0 Å². The van der Waals surface area contributed by atoms with Gasteiger partial charge in [0.2, 0.25) is 0 Å². The molecule has 0 spiro atoms. The van der Waals surface area contributed by atoms with Crippen molar-refractivity contribution in [2.45, 2.75) is 31.3 Å². The first kappa shape index (κ1) is 7.94. The lowest BCUT2D eigenvalue weighted by molar-refractivity contribution is -0.0257. The molecule has 0 aliphatic heterocycles. The molecule has 1 rings (SSSR count). The Morgan fingerprint density at radius 2 is 1.50 bits per heavy atom. The van der Waals surface area contributed by atoms with Gasteiger partial charge in [-0.05, 0) is 0 Å². The highest BCUT2D eigenvalue weighted by Gasteiger charge is 2.44. The molecule has 0 aromatic heterocycles. The largest absolute Gasteiger partial charge is 0.390 e. The van der Waals surface area contributed by atoms with E-state index >= 15 is 0 Å². The molecule has 0 aromatic carbocycles. The van der Waals surface area contributed by atoms with E-state index in [1.54, 1.807) is 6.92 Å². The fourth-order valence-corrected chi connectivity index (χ4v) is 1.28. The SMILES string of the molecule is C[C@@H]1[C@@H](N)[C@@H](O)[C@H](O)[C@@H]1O. The van der Waals surface area contributed by atoms with Gasteiger partial charge in [-0.3, -0.25) is 0 Å². The van der Waals surface area contributed by atoms with E-state index < -0.39 is 24.4 Å². The lowest BCUT2D eigenvalue weighted by atomic mass is 10.1. The maximum Gasteiger partial charge on any atom is 0.108 e. The minimum Gasteiger partial charge on any atom is -0.390 e. The van der Waals surface area contributed by atoms with Gasteiger partial charge in [-0.15, -0.1) is 0 Å². The molecule has 4 heteroatoms. The Hall–Kier alpha value is -0.160. The van der Waals surface area contributed by atoms with Crippen molar-refractivity contribution in [1.82, 2.24) is 0 Å². The number of hydrogen-bond acceptors (Lipinski definition) is 4. The summed E-state index contributed by atoms with van der Waals surface area (Å²) >= 11 is 0. The van der Waals surface area contributed by atoms with Gasteiger partial charge in [0.1, 0.15) is 6.10 Å². The fraction of sp³-hybridized carbons (Fsp3) is 1.00. The van der Waals surface area contributed by atoms with Crippen molar-refractivity contribution < 1.29 is 15.3 Å². The molecule has 60 valence electrons. The Kier molecular flexibility index (Phi) is 1.96. The van der Waals surface area contributed by atoms with Crippen LogP contribution in [-0.4, -0.2) is 39.7 Å². The van der Waals surface area contributed by atoms with Crippen molar-refractivity contribution in [3.63, 3.8) is 0 Å². The van der Waals surface area contributed by atoms with E-state index in [4.69, 9.17) is 21.1 Å². The third-order valence-electron chi connectivity index (χ3n) is 2.24. The molecular weight excluding hydrogens is 134 g/mol. The monoisotopic (exact) mass is 147 g/mol. The third kappa shape index (κ3) is 0.932. The summed E-state index contributed by atoms with van der Waals surface area (Å²) in [6.45, 7) is 1.70. The first-order valence-electron chi connectivity index (χ1n) is 3.35. The predicted molar refractivity (Wildman–Crippen MR) is 35.2 cm³/mol. The maximum atomic E-state index is 9.12. The fourth-order valence-electron chi connectivity index (χ4n) is 1.28. The predicted octanol–water partition coefficient (Wildman–Crippen LogP) is -1.95. The Morgan fingerprint density at radius 1 is 1.00 bits per heavy atom. The molecule has 5 atom stereocenters. The van der Waals surface area contributed by atoms with Gasteiger partial charge in [-0.1, -0.05) is 6.92 Å². The lowest BCUT2D eigenvalue weighted by Gasteiger charge is -2.12. The zero-order valence-electron chi connectivity index (χ0n) is 5.81. The van der Waals surface area contributed by atoms with E-state index in [1.165, 1.54) is 0 Å². The third-order valence-corrected chi connectivity index (χ3v) is 2.24. The highest BCUT2D eigenvalue weighted by Crippen LogP contribution is 2.24. The smallest absolute Gasteiger partial charge is 0.108 e. The van der Waals surface area contributed by atoms with E-state index in [9.17, 15) is 0 Å². The molecule has 1 fully saturated rings. The average molecular weight is 147 g/mol. The summed E-state index contributed by atoms with van der Waals surface area (Å²) in [7, 11) is 0. The molecule has 5 N–H and O–H groups in total. The second kappa shape index (κ2) is 2.47. The van der Waals surface area contributed by atoms with Crippen LogP contribution < -0.4 is 5.73 Å². The molecule has 1 aliphatic carbocycles. The Morgan fingerprint density at radius 3 is 1.60 bits per heavy atom. The standard InChI is InChI=1S/C6H13NO3/c1-2-3(7)5(9)6(10)4(2)8/h2-6,8-10H,7H2,1H3/t2-,3-,4-,5-,6-/m1/s1. The molecular formula is C6H13NO3. The molecule has 1 aliphatic rings. The van der Waals surface area contributed by atoms with Crippen molar-refractivity contribution in [3.8, 4) is 0 Å². The minimum atomic E-state index is -1.08. The number of aliphatic hydroxyl groups is 3. The van der Waals surface area contributed by atoms with Crippen LogP contribution in [-0.2, 0) is 0 Å². The van der Waals surface area contributed by atoms with Crippen molar-refractivity contribution in [1.29, 1.82) is 0 Å². The number of hydrogen-bond donors (Lipinski definition) is 4. The second-order valence-corrected chi connectivity index (χ2v) is 2.91. The molecule has 0 aromatic rings. The molecule has 0 bridgehead atoms. The number of rotatable bonds is 0. The lowest BCUT2D eigenvalue weighted by Crippen LogP contribution is -2.37. The van der Waals surface area contributed by atoms with Crippen LogP contribution in [0.4, 0.5) is 0 Å². The van der Waals surface area contributed by atoms with Crippen LogP contribution in [0.2, 0.25) is 0 Å². The molecule has 0 saturated heterocycles. The summed E-state index contributed by atoms with van der Waals surface area (Å²) in [6, 6.07) is -0.509. The van der Waals surface area contributed by atoms with Gasteiger partial charge in [0.15, 0.2) is 0 Å². The van der Waals surface area contributed by atoms with Crippen molar-refractivity contribution in [3.05, 3.63) is 0 Å². The van der Waals surface area contributed by atoms with Gasteiger partial charge in [-0.2, -0.15) is 0 Å². The zero-order valence-corrected chi connectivity index (χ0v) is 5.81. The molecule has 0 heterocycles. The molecule has 10 heavy (non-hydrogen) atoms.